The summed E-state index contributed by atoms with van der Waals surface area (Å²) < 4.78 is 0. The highest BCUT2D eigenvalue weighted by molar-refractivity contribution is 6.49. The first kappa shape index (κ1) is 13.7. The minimum Gasteiger partial charge on any atom is -0.355 e. The number of ketones is 2. The Morgan fingerprint density at radius 1 is 0.700 bits per heavy atom. The molecule has 2 aromatic carbocycles. The number of rotatable bonds is 4. The van der Waals surface area contributed by atoms with Crippen LogP contribution in [-0.2, 0) is 0 Å². The summed E-state index contributed by atoms with van der Waals surface area (Å²) in [6, 6.07) is 14.4. The van der Waals surface area contributed by atoms with Crippen LogP contribution in [0.15, 0.2) is 54.6 Å². The normalized spacial score (nSPS) is 9.85. The van der Waals surface area contributed by atoms with Crippen LogP contribution in [0.3, 0.4) is 0 Å². The molecule has 0 aromatic heterocycles. The molecule has 0 spiro atoms. The monoisotopic (exact) mass is 267 g/mol. The van der Waals surface area contributed by atoms with Crippen molar-refractivity contribution in [1.82, 2.24) is 5.32 Å². The van der Waals surface area contributed by atoms with Crippen LogP contribution in [0.4, 0.5) is 0 Å². The van der Waals surface area contributed by atoms with E-state index in [-0.39, 0.29) is 11.5 Å². The largest absolute Gasteiger partial charge is 0.355 e. The fourth-order valence-electron chi connectivity index (χ4n) is 1.77. The smallest absolute Gasteiger partial charge is 0.251 e. The highest BCUT2D eigenvalue weighted by atomic mass is 16.2. The lowest BCUT2D eigenvalue weighted by molar-refractivity contribution is 0.0817. The quantitative estimate of drug-likeness (QED) is 0.681. The van der Waals surface area contributed by atoms with Crippen molar-refractivity contribution in [3.05, 3.63) is 71.3 Å². The van der Waals surface area contributed by atoms with E-state index >= 15 is 0 Å². The predicted octanol–water partition coefficient (Wildman–Crippen LogP) is 2.11. The summed E-state index contributed by atoms with van der Waals surface area (Å²) in [5.74, 6) is -1.38. The fraction of sp³-hybridized carbons (Fsp3) is 0.0625. The first-order valence-corrected chi connectivity index (χ1v) is 6.09. The molecule has 2 aromatic rings. The van der Waals surface area contributed by atoms with E-state index in [2.05, 4.69) is 5.32 Å². The molecule has 0 saturated carbocycles. The maximum absolute atomic E-state index is 12.0. The van der Waals surface area contributed by atoms with Gasteiger partial charge in [-0.15, -0.1) is 0 Å². The van der Waals surface area contributed by atoms with Crippen molar-refractivity contribution < 1.29 is 14.4 Å². The lowest BCUT2D eigenvalue weighted by Crippen LogP contribution is -2.18. The Morgan fingerprint density at radius 3 is 1.65 bits per heavy atom. The van der Waals surface area contributed by atoms with E-state index < -0.39 is 11.6 Å². The highest BCUT2D eigenvalue weighted by Gasteiger charge is 2.18. The standard InChI is InChI=1S/C16H13NO3/c1-17-16(20)13-9-7-12(8-10-13)15(19)14(18)11-5-3-2-4-6-11/h2-10H,1H3,(H,17,20). The number of carbonyl (C=O) groups excluding carboxylic acids is 3. The number of amides is 1. The van der Waals surface area contributed by atoms with E-state index in [9.17, 15) is 14.4 Å². The molecular formula is C16H13NO3. The average Bonchev–Trinajstić information content (AvgIpc) is 2.53. The predicted molar refractivity (Wildman–Crippen MR) is 74.9 cm³/mol. The third-order valence-corrected chi connectivity index (χ3v) is 2.88. The molecule has 0 bridgehead atoms. The third kappa shape index (κ3) is 2.80. The summed E-state index contributed by atoms with van der Waals surface area (Å²) >= 11 is 0. The van der Waals surface area contributed by atoms with E-state index in [1.807, 2.05) is 0 Å². The number of hydrogen-bond acceptors (Lipinski definition) is 3. The highest BCUT2D eigenvalue weighted by Crippen LogP contribution is 2.09. The van der Waals surface area contributed by atoms with Crippen LogP contribution in [-0.4, -0.2) is 24.5 Å². The number of hydrogen-bond donors (Lipinski definition) is 1. The third-order valence-electron chi connectivity index (χ3n) is 2.88. The van der Waals surface area contributed by atoms with Crippen molar-refractivity contribution >= 4 is 17.5 Å². The van der Waals surface area contributed by atoms with Gasteiger partial charge in [0, 0.05) is 23.7 Å². The lowest BCUT2D eigenvalue weighted by Gasteiger charge is -2.03. The van der Waals surface area contributed by atoms with Crippen LogP contribution in [0.25, 0.3) is 0 Å². The maximum atomic E-state index is 12.0. The van der Waals surface area contributed by atoms with Gasteiger partial charge in [0.05, 0.1) is 0 Å². The second-order valence-electron chi connectivity index (χ2n) is 4.18. The maximum Gasteiger partial charge on any atom is 0.251 e. The van der Waals surface area contributed by atoms with E-state index in [0.717, 1.165) is 0 Å². The van der Waals surface area contributed by atoms with Gasteiger partial charge in [0.15, 0.2) is 0 Å². The van der Waals surface area contributed by atoms with Crippen LogP contribution in [0.2, 0.25) is 0 Å². The topological polar surface area (TPSA) is 63.2 Å². The molecule has 1 amide bonds. The zero-order valence-electron chi connectivity index (χ0n) is 10.9. The van der Waals surface area contributed by atoms with E-state index in [4.69, 9.17) is 0 Å². The average molecular weight is 267 g/mol. The zero-order valence-corrected chi connectivity index (χ0v) is 10.9. The van der Waals surface area contributed by atoms with Crippen molar-refractivity contribution in [2.24, 2.45) is 0 Å². The van der Waals surface area contributed by atoms with Crippen LogP contribution in [0.5, 0.6) is 0 Å². The van der Waals surface area contributed by atoms with E-state index in [0.29, 0.717) is 11.1 Å². The first-order valence-electron chi connectivity index (χ1n) is 6.09. The Labute approximate surface area is 116 Å². The minimum atomic E-state index is -0.584. The van der Waals surface area contributed by atoms with Gasteiger partial charge < -0.3 is 5.32 Å². The van der Waals surface area contributed by atoms with Gasteiger partial charge in [0.1, 0.15) is 0 Å². The van der Waals surface area contributed by atoms with Gasteiger partial charge in [-0.05, 0) is 12.1 Å². The first-order chi connectivity index (χ1) is 9.63. The molecular weight excluding hydrogens is 254 g/mol. The van der Waals surface area contributed by atoms with Gasteiger partial charge in [-0.3, -0.25) is 14.4 Å². The minimum absolute atomic E-state index is 0.238. The van der Waals surface area contributed by atoms with Crippen molar-refractivity contribution in [3.63, 3.8) is 0 Å². The summed E-state index contributed by atoms with van der Waals surface area (Å²) in [6.45, 7) is 0. The van der Waals surface area contributed by atoms with Gasteiger partial charge in [-0.2, -0.15) is 0 Å². The van der Waals surface area contributed by atoms with Gasteiger partial charge >= 0.3 is 0 Å². The van der Waals surface area contributed by atoms with Crippen LogP contribution < -0.4 is 5.32 Å². The Kier molecular flexibility index (Phi) is 4.05. The van der Waals surface area contributed by atoms with Crippen molar-refractivity contribution in [1.29, 1.82) is 0 Å². The van der Waals surface area contributed by atoms with E-state index in [1.165, 1.54) is 31.3 Å². The number of benzene rings is 2. The molecule has 100 valence electrons. The number of nitrogens with one attached hydrogen (secondary N) is 1. The molecule has 20 heavy (non-hydrogen) atoms. The van der Waals surface area contributed by atoms with Crippen molar-refractivity contribution in [2.45, 2.75) is 0 Å². The van der Waals surface area contributed by atoms with Crippen LogP contribution in [0, 0.1) is 0 Å². The summed E-state index contributed by atoms with van der Waals surface area (Å²) in [6.07, 6.45) is 0. The lowest BCUT2D eigenvalue weighted by atomic mass is 10.0. The Bertz CT molecular complexity index is 645. The molecule has 0 atom stereocenters. The van der Waals surface area contributed by atoms with Gasteiger partial charge in [-0.25, -0.2) is 0 Å². The summed E-state index contributed by atoms with van der Waals surface area (Å²) in [5.41, 5.74) is 1.07. The molecule has 0 saturated heterocycles. The second-order valence-corrected chi connectivity index (χ2v) is 4.18. The summed E-state index contributed by atoms with van der Waals surface area (Å²) in [4.78, 5) is 35.4. The number of carbonyl (C=O) groups is 3. The van der Waals surface area contributed by atoms with Crippen LogP contribution >= 0.6 is 0 Å². The van der Waals surface area contributed by atoms with Crippen LogP contribution in [0.1, 0.15) is 31.1 Å². The Balaban J connectivity index is 2.22. The molecule has 0 aliphatic rings. The number of Topliss-reactive ketones (excluding diaryl/α,β-unsaturated/α-hetero) is 2. The molecule has 4 nitrogen and oxygen atoms in total. The molecule has 4 heteroatoms. The van der Waals surface area contributed by atoms with Crippen molar-refractivity contribution in [2.75, 3.05) is 7.05 Å². The molecule has 0 heterocycles. The fourth-order valence-corrected chi connectivity index (χ4v) is 1.77. The van der Waals surface area contributed by atoms with Gasteiger partial charge in [-0.1, -0.05) is 42.5 Å². The molecule has 0 aliphatic heterocycles. The summed E-state index contributed by atoms with van der Waals surface area (Å²) in [7, 11) is 1.53. The zero-order chi connectivity index (χ0) is 14.5. The Hall–Kier alpha value is -2.75. The molecule has 0 aliphatic carbocycles. The van der Waals surface area contributed by atoms with E-state index in [1.54, 1.807) is 30.3 Å². The second kappa shape index (κ2) is 5.93. The molecule has 0 unspecified atom stereocenters. The SMILES string of the molecule is CNC(=O)c1ccc(C(=O)C(=O)c2ccccc2)cc1. The summed E-state index contributed by atoms with van der Waals surface area (Å²) in [5, 5.41) is 2.49. The van der Waals surface area contributed by atoms with Crippen molar-refractivity contribution in [3.8, 4) is 0 Å². The molecule has 2 rings (SSSR count). The Morgan fingerprint density at radius 2 is 1.15 bits per heavy atom. The molecule has 0 radical (unpaired) electrons. The van der Waals surface area contributed by atoms with Gasteiger partial charge in [0.25, 0.3) is 5.91 Å². The van der Waals surface area contributed by atoms with Gasteiger partial charge in [0.2, 0.25) is 11.6 Å². The molecule has 0 fully saturated rings. The molecule has 1 N–H and O–H groups in total.